The van der Waals surface area contributed by atoms with E-state index in [0.29, 0.717) is 6.54 Å². The van der Waals surface area contributed by atoms with Crippen molar-refractivity contribution in [2.24, 2.45) is 5.92 Å². The van der Waals surface area contributed by atoms with Crippen LogP contribution in [-0.2, 0) is 16.1 Å². The summed E-state index contributed by atoms with van der Waals surface area (Å²) in [6.07, 6.45) is 1.80. The molecule has 1 aromatic rings. The molecule has 0 radical (unpaired) electrons. The number of carboxylic acid groups (broad SMARTS) is 1. The molecular weight excluding hydrogens is 280 g/mol. The van der Waals surface area contributed by atoms with E-state index in [1.165, 1.54) is 10.5 Å². The minimum absolute atomic E-state index is 0.0624. The Labute approximate surface area is 131 Å². The maximum atomic E-state index is 12.5. The second-order valence-corrected chi connectivity index (χ2v) is 6.02. The van der Waals surface area contributed by atoms with Gasteiger partial charge in [-0.15, -0.1) is 0 Å². The van der Waals surface area contributed by atoms with E-state index in [9.17, 15) is 9.59 Å². The molecular formula is C17H24N2O3. The molecule has 2 atom stereocenters. The molecule has 0 bridgehead atoms. The van der Waals surface area contributed by atoms with E-state index in [1.54, 1.807) is 14.0 Å². The predicted octanol–water partition coefficient (Wildman–Crippen LogP) is 1.83. The Morgan fingerprint density at radius 1 is 1.36 bits per heavy atom. The minimum Gasteiger partial charge on any atom is -0.480 e. The molecule has 1 amide bonds. The summed E-state index contributed by atoms with van der Waals surface area (Å²) in [7, 11) is 1.58. The second-order valence-electron chi connectivity index (χ2n) is 6.02. The number of likely N-dealkylation sites (tertiary alicyclic amines) is 1. The van der Waals surface area contributed by atoms with E-state index in [0.717, 1.165) is 25.9 Å². The summed E-state index contributed by atoms with van der Waals surface area (Å²) in [5, 5.41) is 9.04. The Kier molecular flexibility index (Phi) is 5.55. The standard InChI is InChI=1S/C17H24N2O3/c1-13(17(21)22)18(2)16(20)15-9-6-10-19(12-15)11-14-7-4-3-5-8-14/h3-5,7-8,13,15H,6,9-12H2,1-2H3,(H,21,22)/t13-,15-/m1/s1. The zero-order valence-corrected chi connectivity index (χ0v) is 13.2. The van der Waals surface area contributed by atoms with Crippen molar-refractivity contribution in [3.63, 3.8) is 0 Å². The molecule has 5 nitrogen and oxygen atoms in total. The summed E-state index contributed by atoms with van der Waals surface area (Å²) < 4.78 is 0. The van der Waals surface area contributed by atoms with Gasteiger partial charge in [-0.25, -0.2) is 4.79 Å². The number of nitrogens with zero attached hydrogens (tertiary/aromatic N) is 2. The molecule has 1 heterocycles. The van der Waals surface area contributed by atoms with Crippen LogP contribution in [0.1, 0.15) is 25.3 Å². The van der Waals surface area contributed by atoms with Crippen LogP contribution in [0, 0.1) is 5.92 Å². The molecule has 0 unspecified atom stereocenters. The van der Waals surface area contributed by atoms with E-state index >= 15 is 0 Å². The van der Waals surface area contributed by atoms with Crippen LogP contribution in [-0.4, -0.2) is 53.0 Å². The lowest BCUT2D eigenvalue weighted by molar-refractivity contribution is -0.150. The Bertz CT molecular complexity index is 518. The van der Waals surface area contributed by atoms with E-state index < -0.39 is 12.0 Å². The van der Waals surface area contributed by atoms with Gasteiger partial charge < -0.3 is 10.0 Å². The summed E-state index contributed by atoms with van der Waals surface area (Å²) in [5.41, 5.74) is 1.24. The Balaban J connectivity index is 1.95. The first-order valence-corrected chi connectivity index (χ1v) is 7.74. The van der Waals surface area contributed by atoms with Crippen LogP contribution in [0.5, 0.6) is 0 Å². The van der Waals surface area contributed by atoms with Crippen molar-refractivity contribution in [3.05, 3.63) is 35.9 Å². The Morgan fingerprint density at radius 2 is 2.05 bits per heavy atom. The molecule has 1 saturated heterocycles. The Morgan fingerprint density at radius 3 is 2.68 bits per heavy atom. The van der Waals surface area contributed by atoms with Crippen LogP contribution in [0.25, 0.3) is 0 Å². The van der Waals surface area contributed by atoms with Crippen LogP contribution in [0.15, 0.2) is 30.3 Å². The number of piperidine rings is 1. The average molecular weight is 304 g/mol. The van der Waals surface area contributed by atoms with Gasteiger partial charge in [0.25, 0.3) is 0 Å². The zero-order valence-electron chi connectivity index (χ0n) is 13.2. The van der Waals surface area contributed by atoms with Gasteiger partial charge in [0.2, 0.25) is 5.91 Å². The number of aliphatic carboxylic acids is 1. The summed E-state index contributed by atoms with van der Waals surface area (Å²) in [5.74, 6) is -1.13. The van der Waals surface area contributed by atoms with E-state index in [-0.39, 0.29) is 11.8 Å². The number of hydrogen-bond acceptors (Lipinski definition) is 3. The quantitative estimate of drug-likeness (QED) is 0.901. The van der Waals surface area contributed by atoms with Gasteiger partial charge in [0.05, 0.1) is 5.92 Å². The van der Waals surface area contributed by atoms with Gasteiger partial charge in [0.15, 0.2) is 0 Å². The molecule has 0 aromatic heterocycles. The van der Waals surface area contributed by atoms with Crippen molar-refractivity contribution in [3.8, 4) is 0 Å². The first kappa shape index (κ1) is 16.5. The lowest BCUT2D eigenvalue weighted by Gasteiger charge is -2.34. The summed E-state index contributed by atoms with van der Waals surface area (Å²) >= 11 is 0. The summed E-state index contributed by atoms with van der Waals surface area (Å²) in [6.45, 7) is 4.06. The van der Waals surface area contributed by atoms with Crippen molar-refractivity contribution >= 4 is 11.9 Å². The van der Waals surface area contributed by atoms with Crippen LogP contribution in [0.3, 0.4) is 0 Å². The number of carbonyl (C=O) groups excluding carboxylic acids is 1. The van der Waals surface area contributed by atoms with E-state index in [2.05, 4.69) is 17.0 Å². The van der Waals surface area contributed by atoms with Crippen LogP contribution in [0.4, 0.5) is 0 Å². The molecule has 120 valence electrons. The molecule has 1 aromatic carbocycles. The van der Waals surface area contributed by atoms with Gasteiger partial charge in [-0.2, -0.15) is 0 Å². The molecule has 1 N–H and O–H groups in total. The van der Waals surface area contributed by atoms with Crippen molar-refractivity contribution in [1.82, 2.24) is 9.80 Å². The largest absolute Gasteiger partial charge is 0.480 e. The molecule has 5 heteroatoms. The first-order valence-electron chi connectivity index (χ1n) is 7.74. The van der Waals surface area contributed by atoms with Crippen molar-refractivity contribution in [2.75, 3.05) is 20.1 Å². The van der Waals surface area contributed by atoms with Gasteiger partial charge in [-0.1, -0.05) is 30.3 Å². The molecule has 1 fully saturated rings. The maximum Gasteiger partial charge on any atom is 0.326 e. The third-order valence-corrected chi connectivity index (χ3v) is 4.39. The highest BCUT2D eigenvalue weighted by molar-refractivity contribution is 5.84. The van der Waals surface area contributed by atoms with Gasteiger partial charge in [0.1, 0.15) is 6.04 Å². The normalized spacial score (nSPS) is 20.4. The highest BCUT2D eigenvalue weighted by Gasteiger charge is 2.31. The maximum absolute atomic E-state index is 12.5. The highest BCUT2D eigenvalue weighted by atomic mass is 16.4. The fourth-order valence-electron chi connectivity index (χ4n) is 2.89. The summed E-state index contributed by atoms with van der Waals surface area (Å²) in [4.78, 5) is 27.1. The molecule has 1 aliphatic rings. The molecule has 0 aliphatic carbocycles. The van der Waals surface area contributed by atoms with Gasteiger partial charge in [-0.05, 0) is 31.9 Å². The number of likely N-dealkylation sites (N-methyl/N-ethyl adjacent to an activating group) is 1. The van der Waals surface area contributed by atoms with E-state index in [4.69, 9.17) is 5.11 Å². The number of rotatable bonds is 5. The van der Waals surface area contributed by atoms with Crippen molar-refractivity contribution < 1.29 is 14.7 Å². The van der Waals surface area contributed by atoms with Crippen molar-refractivity contribution in [1.29, 1.82) is 0 Å². The van der Waals surface area contributed by atoms with Crippen LogP contribution in [0.2, 0.25) is 0 Å². The molecule has 22 heavy (non-hydrogen) atoms. The fraction of sp³-hybridized carbons (Fsp3) is 0.529. The molecule has 0 saturated carbocycles. The molecule has 0 spiro atoms. The number of amides is 1. The fourth-order valence-corrected chi connectivity index (χ4v) is 2.89. The van der Waals surface area contributed by atoms with E-state index in [1.807, 2.05) is 18.2 Å². The lowest BCUT2D eigenvalue weighted by atomic mass is 9.95. The number of hydrogen-bond donors (Lipinski definition) is 1. The number of carbonyl (C=O) groups is 2. The lowest BCUT2D eigenvalue weighted by Crippen LogP contribution is -2.47. The first-order chi connectivity index (χ1) is 10.5. The van der Waals surface area contributed by atoms with Gasteiger partial charge in [0, 0.05) is 20.1 Å². The third kappa shape index (κ3) is 4.07. The average Bonchev–Trinajstić information content (AvgIpc) is 2.54. The third-order valence-electron chi connectivity index (χ3n) is 4.39. The molecule has 2 rings (SSSR count). The monoisotopic (exact) mass is 304 g/mol. The second kappa shape index (κ2) is 7.40. The Hall–Kier alpha value is -1.88. The number of benzene rings is 1. The summed E-state index contributed by atoms with van der Waals surface area (Å²) in [6, 6.07) is 9.42. The smallest absolute Gasteiger partial charge is 0.326 e. The zero-order chi connectivity index (χ0) is 16.1. The molecule has 1 aliphatic heterocycles. The SMILES string of the molecule is C[C@H](C(=O)O)N(C)C(=O)[C@@H]1CCCN(Cc2ccccc2)C1. The van der Waals surface area contributed by atoms with Crippen LogP contribution >= 0.6 is 0 Å². The topological polar surface area (TPSA) is 60.9 Å². The highest BCUT2D eigenvalue weighted by Crippen LogP contribution is 2.21. The minimum atomic E-state index is -0.965. The van der Waals surface area contributed by atoms with Crippen LogP contribution < -0.4 is 0 Å². The van der Waals surface area contributed by atoms with Gasteiger partial charge >= 0.3 is 5.97 Å². The number of carboxylic acids is 1. The van der Waals surface area contributed by atoms with Gasteiger partial charge in [-0.3, -0.25) is 9.69 Å². The predicted molar refractivity (Wildman–Crippen MR) is 84.3 cm³/mol. The van der Waals surface area contributed by atoms with Crippen molar-refractivity contribution in [2.45, 2.75) is 32.4 Å².